The first-order valence-electron chi connectivity index (χ1n) is 6.92. The van der Waals surface area contributed by atoms with Crippen molar-refractivity contribution < 1.29 is 13.2 Å². The second kappa shape index (κ2) is 7.04. The summed E-state index contributed by atoms with van der Waals surface area (Å²) >= 11 is 0. The molecule has 0 saturated heterocycles. The van der Waals surface area contributed by atoms with Crippen molar-refractivity contribution in [1.82, 2.24) is 4.31 Å². The Morgan fingerprint density at radius 3 is 2.19 bits per heavy atom. The smallest absolute Gasteiger partial charge is 0.239 e. The zero-order valence-corrected chi connectivity index (χ0v) is 14.1. The van der Waals surface area contributed by atoms with Gasteiger partial charge in [-0.1, -0.05) is 32.0 Å². The van der Waals surface area contributed by atoms with E-state index in [0.29, 0.717) is 6.54 Å². The first-order chi connectivity index (χ1) is 9.61. The lowest BCUT2D eigenvalue weighted by molar-refractivity contribution is -0.116. The average Bonchev–Trinajstić information content (AvgIpc) is 2.31. The Morgan fingerprint density at radius 2 is 1.76 bits per heavy atom. The van der Waals surface area contributed by atoms with E-state index in [0.717, 1.165) is 23.1 Å². The van der Waals surface area contributed by atoms with Gasteiger partial charge in [-0.15, -0.1) is 0 Å². The minimum absolute atomic E-state index is 0.160. The van der Waals surface area contributed by atoms with E-state index in [1.165, 1.54) is 4.31 Å². The highest BCUT2D eigenvalue weighted by Crippen LogP contribution is 2.19. The molecule has 0 aromatic heterocycles. The Morgan fingerprint density at radius 1 is 1.24 bits per heavy atom. The molecule has 118 valence electrons. The Kier molecular flexibility index (Phi) is 5.92. The van der Waals surface area contributed by atoms with Gasteiger partial charge in [-0.05, 0) is 30.9 Å². The molecule has 0 fully saturated rings. The van der Waals surface area contributed by atoms with Gasteiger partial charge in [-0.3, -0.25) is 4.79 Å². The molecule has 0 aliphatic rings. The molecule has 1 aromatic carbocycles. The second-order valence-corrected chi connectivity index (χ2v) is 7.75. The molecule has 0 aliphatic carbocycles. The third-order valence-corrected chi connectivity index (χ3v) is 4.32. The van der Waals surface area contributed by atoms with Crippen LogP contribution in [-0.2, 0) is 14.8 Å². The molecule has 0 radical (unpaired) electrons. The number of anilines is 1. The number of hydrogen-bond acceptors (Lipinski definition) is 3. The largest absolute Gasteiger partial charge is 0.324 e. The fourth-order valence-electron chi connectivity index (χ4n) is 2.08. The minimum Gasteiger partial charge on any atom is -0.324 e. The molecular weight excluding hydrogens is 288 g/mol. The second-order valence-electron chi connectivity index (χ2n) is 5.76. The van der Waals surface area contributed by atoms with Crippen LogP contribution in [0, 0.1) is 19.8 Å². The lowest BCUT2D eigenvalue weighted by Gasteiger charge is -2.22. The van der Waals surface area contributed by atoms with Gasteiger partial charge in [0, 0.05) is 12.2 Å². The number of benzene rings is 1. The van der Waals surface area contributed by atoms with E-state index in [9.17, 15) is 13.2 Å². The Labute approximate surface area is 127 Å². The van der Waals surface area contributed by atoms with E-state index in [1.807, 2.05) is 45.9 Å². The summed E-state index contributed by atoms with van der Waals surface area (Å²) in [5, 5.41) is 2.81. The molecule has 0 heterocycles. The van der Waals surface area contributed by atoms with E-state index >= 15 is 0 Å². The third kappa shape index (κ3) is 5.47. The quantitative estimate of drug-likeness (QED) is 0.875. The van der Waals surface area contributed by atoms with Gasteiger partial charge in [0.15, 0.2) is 0 Å². The van der Waals surface area contributed by atoms with Crippen LogP contribution >= 0.6 is 0 Å². The fraction of sp³-hybridized carbons (Fsp3) is 0.533. The number of carbonyl (C=O) groups is 1. The minimum atomic E-state index is -3.40. The summed E-state index contributed by atoms with van der Waals surface area (Å²) in [5.74, 6) is -0.161. The van der Waals surface area contributed by atoms with Gasteiger partial charge in [0.25, 0.3) is 0 Å². The highest BCUT2D eigenvalue weighted by molar-refractivity contribution is 7.88. The SMILES string of the molecule is Cc1cccc(C)c1NC(=O)CN(CC(C)C)S(C)(=O)=O. The molecule has 0 spiro atoms. The molecular formula is C15H24N2O3S. The molecule has 0 bridgehead atoms. The van der Waals surface area contributed by atoms with Crippen LogP contribution in [0.4, 0.5) is 5.69 Å². The molecule has 0 atom stereocenters. The van der Waals surface area contributed by atoms with Crippen molar-refractivity contribution in [2.75, 3.05) is 24.7 Å². The summed E-state index contributed by atoms with van der Waals surface area (Å²) in [6, 6.07) is 5.73. The number of carbonyl (C=O) groups excluding carboxylic acids is 1. The molecule has 0 aliphatic heterocycles. The highest BCUT2D eigenvalue weighted by Gasteiger charge is 2.21. The molecule has 1 aromatic rings. The first-order valence-corrected chi connectivity index (χ1v) is 8.77. The van der Waals surface area contributed by atoms with Gasteiger partial charge in [0.05, 0.1) is 12.8 Å². The number of rotatable bonds is 6. The van der Waals surface area contributed by atoms with Gasteiger partial charge in [0.1, 0.15) is 0 Å². The summed E-state index contributed by atoms with van der Waals surface area (Å²) in [5.41, 5.74) is 2.66. The normalized spacial score (nSPS) is 12.0. The van der Waals surface area contributed by atoms with Crippen molar-refractivity contribution in [3.05, 3.63) is 29.3 Å². The number of nitrogens with one attached hydrogen (secondary N) is 1. The number of para-hydroxylation sites is 1. The maximum absolute atomic E-state index is 12.1. The van der Waals surface area contributed by atoms with Gasteiger partial charge in [0.2, 0.25) is 15.9 Å². The zero-order chi connectivity index (χ0) is 16.2. The van der Waals surface area contributed by atoms with Gasteiger partial charge in [-0.25, -0.2) is 8.42 Å². The van der Waals surface area contributed by atoms with Crippen LogP contribution in [0.5, 0.6) is 0 Å². The van der Waals surface area contributed by atoms with Crippen LogP contribution in [0.2, 0.25) is 0 Å². The van der Waals surface area contributed by atoms with Crippen LogP contribution in [0.15, 0.2) is 18.2 Å². The number of nitrogens with zero attached hydrogens (tertiary/aromatic N) is 1. The van der Waals surface area contributed by atoms with Crippen LogP contribution < -0.4 is 5.32 Å². The first kappa shape index (κ1) is 17.7. The molecule has 6 heteroatoms. The molecule has 1 amide bonds. The number of hydrogen-bond donors (Lipinski definition) is 1. The number of amides is 1. The highest BCUT2D eigenvalue weighted by atomic mass is 32.2. The summed E-state index contributed by atoms with van der Waals surface area (Å²) in [4.78, 5) is 12.1. The van der Waals surface area contributed by atoms with Gasteiger partial charge in [-0.2, -0.15) is 4.31 Å². The third-order valence-electron chi connectivity index (χ3n) is 3.10. The van der Waals surface area contributed by atoms with Crippen molar-refractivity contribution in [2.45, 2.75) is 27.7 Å². The number of sulfonamides is 1. The summed E-state index contributed by atoms with van der Waals surface area (Å²) in [7, 11) is -3.40. The molecule has 1 N–H and O–H groups in total. The van der Waals surface area contributed by atoms with Gasteiger partial charge >= 0.3 is 0 Å². The van der Waals surface area contributed by atoms with Crippen molar-refractivity contribution in [1.29, 1.82) is 0 Å². The Balaban J connectivity index is 2.84. The zero-order valence-electron chi connectivity index (χ0n) is 13.3. The molecule has 1 rings (SSSR count). The lowest BCUT2D eigenvalue weighted by Crippen LogP contribution is -2.39. The fourth-order valence-corrected chi connectivity index (χ4v) is 3.00. The van der Waals surface area contributed by atoms with E-state index in [-0.39, 0.29) is 18.4 Å². The standard InChI is InChI=1S/C15H24N2O3S/c1-11(2)9-17(21(5,19)20)10-14(18)16-15-12(3)7-6-8-13(15)4/h6-8,11H,9-10H2,1-5H3,(H,16,18). The average molecular weight is 312 g/mol. The van der Waals surface area contributed by atoms with E-state index in [1.54, 1.807) is 0 Å². The Bertz CT molecular complexity index is 589. The number of aryl methyl sites for hydroxylation is 2. The van der Waals surface area contributed by atoms with Crippen molar-refractivity contribution in [3.8, 4) is 0 Å². The summed E-state index contributed by atoms with van der Waals surface area (Å²) in [6.07, 6.45) is 1.13. The summed E-state index contributed by atoms with van der Waals surface area (Å²) < 4.78 is 24.7. The van der Waals surface area contributed by atoms with E-state index < -0.39 is 10.0 Å². The predicted octanol–water partition coefficient (Wildman–Crippen LogP) is 2.16. The maximum Gasteiger partial charge on any atom is 0.239 e. The van der Waals surface area contributed by atoms with Crippen molar-refractivity contribution >= 4 is 21.6 Å². The monoisotopic (exact) mass is 312 g/mol. The van der Waals surface area contributed by atoms with E-state index in [2.05, 4.69) is 5.32 Å². The Hall–Kier alpha value is -1.40. The maximum atomic E-state index is 12.1. The van der Waals surface area contributed by atoms with Crippen LogP contribution in [0.1, 0.15) is 25.0 Å². The molecule has 21 heavy (non-hydrogen) atoms. The predicted molar refractivity (Wildman–Crippen MR) is 85.8 cm³/mol. The topological polar surface area (TPSA) is 66.5 Å². The molecule has 5 nitrogen and oxygen atoms in total. The summed E-state index contributed by atoms with van der Waals surface area (Å²) in [6.45, 7) is 7.82. The van der Waals surface area contributed by atoms with Crippen LogP contribution in [0.25, 0.3) is 0 Å². The van der Waals surface area contributed by atoms with Crippen molar-refractivity contribution in [2.24, 2.45) is 5.92 Å². The van der Waals surface area contributed by atoms with Crippen LogP contribution in [-0.4, -0.2) is 38.0 Å². The molecule has 0 saturated carbocycles. The lowest BCUT2D eigenvalue weighted by atomic mass is 10.1. The van der Waals surface area contributed by atoms with E-state index in [4.69, 9.17) is 0 Å². The van der Waals surface area contributed by atoms with Crippen molar-refractivity contribution in [3.63, 3.8) is 0 Å². The molecule has 0 unspecified atom stereocenters. The van der Waals surface area contributed by atoms with Crippen LogP contribution in [0.3, 0.4) is 0 Å². The van der Waals surface area contributed by atoms with Gasteiger partial charge < -0.3 is 5.32 Å².